The van der Waals surface area contributed by atoms with Crippen LogP contribution in [-0.4, -0.2) is 34.1 Å². The number of aliphatic hydroxyl groups is 3. The normalized spacial score (nSPS) is 57.4. The van der Waals surface area contributed by atoms with Gasteiger partial charge in [0.15, 0.2) is 0 Å². The molecule has 5 aliphatic rings. The van der Waals surface area contributed by atoms with Gasteiger partial charge in [-0.3, -0.25) is 0 Å². The molecule has 188 valence electrons. The Morgan fingerprint density at radius 3 is 2.15 bits per heavy atom. The van der Waals surface area contributed by atoms with Gasteiger partial charge < -0.3 is 15.3 Å². The van der Waals surface area contributed by atoms with E-state index in [1.165, 1.54) is 31.3 Å². The van der Waals surface area contributed by atoms with E-state index in [0.717, 1.165) is 32.1 Å². The average molecular weight is 459 g/mol. The van der Waals surface area contributed by atoms with Gasteiger partial charge in [-0.1, -0.05) is 46.8 Å². The van der Waals surface area contributed by atoms with Crippen molar-refractivity contribution in [2.75, 3.05) is 6.61 Å². The molecule has 0 aliphatic heterocycles. The number of rotatable bonds is 2. The summed E-state index contributed by atoms with van der Waals surface area (Å²) >= 11 is 0. The average Bonchev–Trinajstić information content (AvgIpc) is 3.13. The number of fused-ring (bicyclic) bond motifs is 7. The van der Waals surface area contributed by atoms with Crippen LogP contribution in [0.3, 0.4) is 0 Å². The summed E-state index contributed by atoms with van der Waals surface area (Å²) in [5.74, 6) is 2.51. The van der Waals surface area contributed by atoms with Crippen molar-refractivity contribution in [2.45, 2.75) is 112 Å². The summed E-state index contributed by atoms with van der Waals surface area (Å²) in [5, 5.41) is 33.3. The van der Waals surface area contributed by atoms with Crippen LogP contribution in [0.15, 0.2) is 12.2 Å². The third kappa shape index (κ3) is 2.80. The van der Waals surface area contributed by atoms with Crippen LogP contribution in [0.5, 0.6) is 0 Å². The standard InChI is InChI=1S/C30H50O3/c1-18(2)19-10-15-30(17-31)24(33)16-29(7)20(25(19)30)8-9-22-27(5)13-12-23(32)26(3,4)21(27)11-14-28(22,29)6/h19-25,31-33H,1,8-17H2,2-7H3/t19?,20?,21?,22?,23-,24-,25?,27-,28+,29+,30-/m0/s1. The fraction of sp³-hybridized carbons (Fsp3) is 0.933. The zero-order valence-corrected chi connectivity index (χ0v) is 22.2. The molecule has 0 spiro atoms. The lowest BCUT2D eigenvalue weighted by Crippen LogP contribution is -2.68. The van der Waals surface area contributed by atoms with Gasteiger partial charge in [-0.15, -0.1) is 0 Å². The Hall–Kier alpha value is -0.380. The van der Waals surface area contributed by atoms with Crippen molar-refractivity contribution in [3.8, 4) is 0 Å². The Morgan fingerprint density at radius 2 is 1.52 bits per heavy atom. The maximum absolute atomic E-state index is 11.7. The first-order valence-electron chi connectivity index (χ1n) is 13.9. The number of hydrogen-bond donors (Lipinski definition) is 3. The summed E-state index contributed by atoms with van der Waals surface area (Å²) in [6, 6.07) is 0. The molecule has 3 heteroatoms. The van der Waals surface area contributed by atoms with Crippen molar-refractivity contribution in [3.05, 3.63) is 12.2 Å². The van der Waals surface area contributed by atoms with Gasteiger partial charge in [0.1, 0.15) is 0 Å². The predicted molar refractivity (Wildman–Crippen MR) is 133 cm³/mol. The molecule has 5 fully saturated rings. The first-order valence-corrected chi connectivity index (χ1v) is 13.9. The summed E-state index contributed by atoms with van der Waals surface area (Å²) in [6.45, 7) is 18.9. The van der Waals surface area contributed by atoms with Crippen LogP contribution in [0.2, 0.25) is 0 Å². The van der Waals surface area contributed by atoms with E-state index in [4.69, 9.17) is 0 Å². The van der Waals surface area contributed by atoms with Gasteiger partial charge in [0.2, 0.25) is 0 Å². The summed E-state index contributed by atoms with van der Waals surface area (Å²) in [4.78, 5) is 0. The highest BCUT2D eigenvalue weighted by Gasteiger charge is 2.72. The van der Waals surface area contributed by atoms with Crippen molar-refractivity contribution < 1.29 is 15.3 Å². The highest BCUT2D eigenvalue weighted by molar-refractivity contribution is 5.23. The molecule has 0 aromatic heterocycles. The number of aliphatic hydroxyl groups excluding tert-OH is 3. The Kier molecular flexibility index (Phi) is 5.40. The molecular formula is C30H50O3. The lowest BCUT2D eigenvalue weighted by Gasteiger charge is -2.73. The van der Waals surface area contributed by atoms with Crippen molar-refractivity contribution in [2.24, 2.45) is 56.7 Å². The van der Waals surface area contributed by atoms with Gasteiger partial charge in [-0.25, -0.2) is 0 Å². The van der Waals surface area contributed by atoms with Crippen molar-refractivity contribution in [1.29, 1.82) is 0 Å². The van der Waals surface area contributed by atoms with Crippen LogP contribution >= 0.6 is 0 Å². The lowest BCUT2D eigenvalue weighted by molar-refractivity contribution is -0.266. The molecule has 5 saturated carbocycles. The SMILES string of the molecule is C=C(C)C1CC[C@@]2(CO)C1C1CCC3[C@@]4(C)CC[C@H](O)C(C)(C)C4CC[C@@]3(C)[C@]1(C)C[C@@H]2O. The molecule has 0 bridgehead atoms. The third-order valence-electron chi connectivity index (χ3n) is 13.6. The maximum Gasteiger partial charge on any atom is 0.0626 e. The molecule has 0 saturated heterocycles. The summed E-state index contributed by atoms with van der Waals surface area (Å²) < 4.78 is 0. The van der Waals surface area contributed by atoms with E-state index in [-0.39, 0.29) is 39.8 Å². The second-order valence-electron chi connectivity index (χ2n) is 14.7. The molecule has 0 aromatic rings. The Morgan fingerprint density at radius 1 is 0.818 bits per heavy atom. The number of allylic oxidation sites excluding steroid dienone is 1. The second kappa shape index (κ2) is 7.32. The van der Waals surface area contributed by atoms with Crippen molar-refractivity contribution in [3.63, 3.8) is 0 Å². The van der Waals surface area contributed by atoms with Crippen LogP contribution in [0, 0.1) is 56.7 Å². The van der Waals surface area contributed by atoms with Gasteiger partial charge in [-0.2, -0.15) is 0 Å². The van der Waals surface area contributed by atoms with E-state index in [0.29, 0.717) is 29.6 Å². The highest BCUT2D eigenvalue weighted by atomic mass is 16.3. The molecule has 33 heavy (non-hydrogen) atoms. The van der Waals surface area contributed by atoms with Gasteiger partial charge in [0, 0.05) is 5.41 Å². The first kappa shape index (κ1) is 24.3. The third-order valence-corrected chi connectivity index (χ3v) is 13.6. The molecule has 5 rings (SSSR count). The summed E-state index contributed by atoms with van der Waals surface area (Å²) in [6.07, 6.45) is 9.12. The van der Waals surface area contributed by atoms with Crippen molar-refractivity contribution >= 4 is 0 Å². The second-order valence-corrected chi connectivity index (χ2v) is 14.7. The minimum Gasteiger partial charge on any atom is -0.396 e. The van der Waals surface area contributed by atoms with Crippen LogP contribution in [0.25, 0.3) is 0 Å². The summed E-state index contributed by atoms with van der Waals surface area (Å²) in [5.41, 5.74) is 1.40. The first-order chi connectivity index (χ1) is 15.3. The van der Waals surface area contributed by atoms with Crippen LogP contribution in [0.4, 0.5) is 0 Å². The zero-order chi connectivity index (χ0) is 24.2. The molecule has 0 heterocycles. The Labute approximate surface area is 202 Å². The maximum atomic E-state index is 11.7. The molecular weight excluding hydrogens is 408 g/mol. The van der Waals surface area contributed by atoms with E-state index in [1.54, 1.807) is 0 Å². The van der Waals surface area contributed by atoms with Crippen molar-refractivity contribution in [1.82, 2.24) is 0 Å². The fourth-order valence-corrected chi connectivity index (χ4v) is 11.6. The molecule has 0 radical (unpaired) electrons. The molecule has 5 unspecified atom stereocenters. The molecule has 3 N–H and O–H groups in total. The van der Waals surface area contributed by atoms with Crippen LogP contribution < -0.4 is 0 Å². The summed E-state index contributed by atoms with van der Waals surface area (Å²) in [7, 11) is 0. The van der Waals surface area contributed by atoms with Gasteiger partial charge in [0.05, 0.1) is 18.8 Å². The zero-order valence-electron chi connectivity index (χ0n) is 22.2. The molecule has 0 aromatic carbocycles. The molecule has 5 aliphatic carbocycles. The van der Waals surface area contributed by atoms with Crippen LogP contribution in [0.1, 0.15) is 99.3 Å². The monoisotopic (exact) mass is 458 g/mol. The van der Waals surface area contributed by atoms with Crippen LogP contribution in [-0.2, 0) is 0 Å². The fourth-order valence-electron chi connectivity index (χ4n) is 11.6. The number of hydrogen-bond acceptors (Lipinski definition) is 3. The van der Waals surface area contributed by atoms with Gasteiger partial charge in [-0.05, 0) is 116 Å². The van der Waals surface area contributed by atoms with E-state index < -0.39 is 6.10 Å². The minimum atomic E-state index is -0.427. The van der Waals surface area contributed by atoms with E-state index in [1.807, 2.05) is 0 Å². The van der Waals surface area contributed by atoms with Gasteiger partial charge in [0.25, 0.3) is 0 Å². The topological polar surface area (TPSA) is 60.7 Å². The Bertz CT molecular complexity index is 819. The highest BCUT2D eigenvalue weighted by Crippen LogP contribution is 2.77. The van der Waals surface area contributed by atoms with Gasteiger partial charge >= 0.3 is 0 Å². The Balaban J connectivity index is 1.58. The minimum absolute atomic E-state index is 0.0271. The van der Waals surface area contributed by atoms with E-state index in [9.17, 15) is 15.3 Å². The molecule has 0 amide bonds. The molecule has 3 nitrogen and oxygen atoms in total. The van der Waals surface area contributed by atoms with E-state index >= 15 is 0 Å². The lowest BCUT2D eigenvalue weighted by atomic mass is 9.32. The van der Waals surface area contributed by atoms with E-state index in [2.05, 4.69) is 48.1 Å². The smallest absolute Gasteiger partial charge is 0.0626 e. The quantitative estimate of drug-likeness (QED) is 0.447. The largest absolute Gasteiger partial charge is 0.396 e. The predicted octanol–water partition coefficient (Wildman–Crippen LogP) is 5.97. The molecule has 11 atom stereocenters.